The van der Waals surface area contributed by atoms with E-state index in [1.54, 1.807) is 0 Å². The molecule has 1 unspecified atom stereocenters. The normalized spacial score (nSPS) is 25.0. The van der Waals surface area contributed by atoms with E-state index < -0.39 is 0 Å². The molecule has 0 N–H and O–H groups in total. The quantitative estimate of drug-likeness (QED) is 0.857. The van der Waals surface area contributed by atoms with Gasteiger partial charge in [0.1, 0.15) is 12.1 Å². The predicted molar refractivity (Wildman–Crippen MR) is 85.0 cm³/mol. The van der Waals surface area contributed by atoms with Crippen molar-refractivity contribution in [3.05, 3.63) is 35.9 Å². The van der Waals surface area contributed by atoms with Crippen molar-refractivity contribution < 1.29 is 9.59 Å². The van der Waals surface area contributed by atoms with Gasteiger partial charge in [0.25, 0.3) is 0 Å². The second-order valence-corrected chi connectivity index (χ2v) is 6.79. The molecule has 2 fully saturated rings. The minimum atomic E-state index is -0.304. The molecule has 1 aromatic carbocycles. The van der Waals surface area contributed by atoms with Gasteiger partial charge in [-0.05, 0) is 30.7 Å². The smallest absolute Gasteiger partial charge is 0.246 e. The van der Waals surface area contributed by atoms with Crippen LogP contribution in [0.2, 0.25) is 0 Å². The Hall–Kier alpha value is -1.84. The molecule has 2 atom stereocenters. The van der Waals surface area contributed by atoms with E-state index in [0.29, 0.717) is 12.5 Å². The molecular weight excluding hydrogens is 276 g/mol. The second-order valence-electron chi connectivity index (χ2n) is 6.79. The number of piperazine rings is 1. The lowest BCUT2D eigenvalue weighted by atomic mass is 9.96. The van der Waals surface area contributed by atoms with Gasteiger partial charge < -0.3 is 9.80 Å². The van der Waals surface area contributed by atoms with Crippen LogP contribution < -0.4 is 0 Å². The summed E-state index contributed by atoms with van der Waals surface area (Å²) in [5.41, 5.74) is 1.09. The Morgan fingerprint density at radius 2 is 1.86 bits per heavy atom. The van der Waals surface area contributed by atoms with Gasteiger partial charge in [-0.25, -0.2) is 0 Å². The Bertz CT molecular complexity index is 555. The van der Waals surface area contributed by atoms with E-state index in [0.717, 1.165) is 31.4 Å². The van der Waals surface area contributed by atoms with Gasteiger partial charge in [-0.1, -0.05) is 44.2 Å². The van der Waals surface area contributed by atoms with Crippen molar-refractivity contribution in [2.75, 3.05) is 6.54 Å². The molecule has 118 valence electrons. The molecule has 2 amide bonds. The molecular formula is C18H24N2O2. The van der Waals surface area contributed by atoms with E-state index >= 15 is 0 Å². The molecule has 2 aliphatic heterocycles. The molecule has 0 aliphatic carbocycles. The standard InChI is InChI=1S/C18H24N2O2/c1-13(2)11-16-18(22)19-10-6-9-15(19)17(21)20(16)12-14-7-4-3-5-8-14/h3-5,7-8,13,15-16H,6,9-12H2,1-2H3/t15-,16?/m0/s1. The summed E-state index contributed by atoms with van der Waals surface area (Å²) in [5.74, 6) is 0.664. The number of rotatable bonds is 4. The molecule has 2 aliphatic rings. The van der Waals surface area contributed by atoms with E-state index in [2.05, 4.69) is 13.8 Å². The zero-order valence-electron chi connectivity index (χ0n) is 13.4. The highest BCUT2D eigenvalue weighted by Gasteiger charge is 2.47. The highest BCUT2D eigenvalue weighted by atomic mass is 16.2. The first kappa shape index (κ1) is 15.1. The molecule has 4 heteroatoms. The van der Waals surface area contributed by atoms with Crippen LogP contribution in [-0.4, -0.2) is 40.2 Å². The largest absolute Gasteiger partial charge is 0.329 e. The Labute approximate surface area is 132 Å². The minimum absolute atomic E-state index is 0.131. The molecule has 22 heavy (non-hydrogen) atoms. The maximum Gasteiger partial charge on any atom is 0.246 e. The van der Waals surface area contributed by atoms with Crippen molar-refractivity contribution in [2.24, 2.45) is 5.92 Å². The third-order valence-electron chi connectivity index (χ3n) is 4.66. The summed E-state index contributed by atoms with van der Waals surface area (Å²) in [4.78, 5) is 29.3. The first-order chi connectivity index (χ1) is 10.6. The number of amides is 2. The first-order valence-electron chi connectivity index (χ1n) is 8.23. The summed E-state index contributed by atoms with van der Waals surface area (Å²) in [6.45, 7) is 5.49. The van der Waals surface area contributed by atoms with Gasteiger partial charge in [0.2, 0.25) is 11.8 Å². The molecule has 2 saturated heterocycles. The van der Waals surface area contributed by atoms with Gasteiger partial charge in [-0.15, -0.1) is 0 Å². The molecule has 0 saturated carbocycles. The third kappa shape index (κ3) is 2.74. The van der Waals surface area contributed by atoms with E-state index in [9.17, 15) is 9.59 Å². The number of hydrogen-bond acceptors (Lipinski definition) is 2. The van der Waals surface area contributed by atoms with Crippen LogP contribution >= 0.6 is 0 Å². The second kappa shape index (κ2) is 6.11. The van der Waals surface area contributed by atoms with Crippen LogP contribution in [0.3, 0.4) is 0 Å². The number of carbonyl (C=O) groups is 2. The number of fused-ring (bicyclic) bond motifs is 1. The van der Waals surface area contributed by atoms with Crippen molar-refractivity contribution in [3.63, 3.8) is 0 Å². The maximum absolute atomic E-state index is 12.9. The lowest BCUT2D eigenvalue weighted by Gasteiger charge is -2.43. The Morgan fingerprint density at radius 3 is 2.55 bits per heavy atom. The molecule has 0 bridgehead atoms. The van der Waals surface area contributed by atoms with Crippen molar-refractivity contribution in [1.29, 1.82) is 0 Å². The van der Waals surface area contributed by atoms with Gasteiger partial charge in [0.15, 0.2) is 0 Å². The first-order valence-corrected chi connectivity index (χ1v) is 8.23. The zero-order valence-corrected chi connectivity index (χ0v) is 13.4. The molecule has 0 aromatic heterocycles. The fourth-order valence-electron chi connectivity index (χ4n) is 3.60. The molecule has 2 heterocycles. The molecule has 1 aromatic rings. The van der Waals surface area contributed by atoms with Gasteiger partial charge in [-0.2, -0.15) is 0 Å². The number of hydrogen-bond donors (Lipinski definition) is 0. The highest BCUT2D eigenvalue weighted by molar-refractivity contribution is 5.97. The number of benzene rings is 1. The zero-order chi connectivity index (χ0) is 15.7. The number of nitrogens with zero attached hydrogens (tertiary/aromatic N) is 2. The van der Waals surface area contributed by atoms with Gasteiger partial charge in [-0.3, -0.25) is 9.59 Å². The fraction of sp³-hybridized carbons (Fsp3) is 0.556. The average Bonchev–Trinajstić information content (AvgIpc) is 2.99. The van der Waals surface area contributed by atoms with Crippen LogP contribution in [0, 0.1) is 5.92 Å². The third-order valence-corrected chi connectivity index (χ3v) is 4.66. The summed E-state index contributed by atoms with van der Waals surface area (Å²) in [6, 6.07) is 9.44. The lowest BCUT2D eigenvalue weighted by Crippen LogP contribution is -2.62. The van der Waals surface area contributed by atoms with Crippen LogP contribution in [0.25, 0.3) is 0 Å². The summed E-state index contributed by atoms with van der Waals surface area (Å²) in [6.07, 6.45) is 2.49. The van der Waals surface area contributed by atoms with Crippen molar-refractivity contribution in [3.8, 4) is 0 Å². The summed E-state index contributed by atoms with van der Waals surface area (Å²) in [5, 5.41) is 0. The van der Waals surface area contributed by atoms with Crippen molar-refractivity contribution in [2.45, 2.75) is 51.7 Å². The Balaban J connectivity index is 1.88. The van der Waals surface area contributed by atoms with E-state index in [1.165, 1.54) is 0 Å². The molecule has 0 radical (unpaired) electrons. The van der Waals surface area contributed by atoms with Crippen LogP contribution in [-0.2, 0) is 16.1 Å². The summed E-state index contributed by atoms with van der Waals surface area (Å²) < 4.78 is 0. The Morgan fingerprint density at radius 1 is 1.14 bits per heavy atom. The maximum atomic E-state index is 12.9. The molecule has 0 spiro atoms. The van der Waals surface area contributed by atoms with Crippen LogP contribution in [0.1, 0.15) is 38.7 Å². The SMILES string of the molecule is CC(C)CC1C(=O)N2CCC[C@H]2C(=O)N1Cc1ccccc1. The van der Waals surface area contributed by atoms with E-state index in [4.69, 9.17) is 0 Å². The average molecular weight is 300 g/mol. The van der Waals surface area contributed by atoms with E-state index in [-0.39, 0.29) is 23.9 Å². The van der Waals surface area contributed by atoms with Crippen molar-refractivity contribution >= 4 is 11.8 Å². The highest BCUT2D eigenvalue weighted by Crippen LogP contribution is 2.30. The predicted octanol–water partition coefficient (Wildman–Crippen LogP) is 2.43. The van der Waals surface area contributed by atoms with E-state index in [1.807, 2.05) is 40.1 Å². The lowest BCUT2D eigenvalue weighted by molar-refractivity contribution is -0.160. The number of carbonyl (C=O) groups excluding carboxylic acids is 2. The van der Waals surface area contributed by atoms with Gasteiger partial charge >= 0.3 is 0 Å². The summed E-state index contributed by atoms with van der Waals surface area (Å²) in [7, 11) is 0. The topological polar surface area (TPSA) is 40.6 Å². The molecule has 4 nitrogen and oxygen atoms in total. The van der Waals surface area contributed by atoms with Gasteiger partial charge in [0, 0.05) is 13.1 Å². The molecule has 3 rings (SSSR count). The Kier molecular flexibility index (Phi) is 4.19. The minimum Gasteiger partial charge on any atom is -0.329 e. The fourth-order valence-corrected chi connectivity index (χ4v) is 3.60. The van der Waals surface area contributed by atoms with Crippen LogP contribution in [0.15, 0.2) is 30.3 Å². The van der Waals surface area contributed by atoms with Crippen LogP contribution in [0.4, 0.5) is 0 Å². The summed E-state index contributed by atoms with van der Waals surface area (Å²) >= 11 is 0. The van der Waals surface area contributed by atoms with Gasteiger partial charge in [0.05, 0.1) is 0 Å². The van der Waals surface area contributed by atoms with Crippen LogP contribution in [0.5, 0.6) is 0 Å². The monoisotopic (exact) mass is 300 g/mol. The van der Waals surface area contributed by atoms with Crippen molar-refractivity contribution in [1.82, 2.24) is 9.80 Å².